The highest BCUT2D eigenvalue weighted by Crippen LogP contribution is 2.38. The molecule has 0 saturated heterocycles. The Hall–Kier alpha value is -0.760. The molecular formula is C62H125N2O6P. The molecule has 3 unspecified atom stereocenters. The number of carbonyl (C=O) groups is 1. The summed E-state index contributed by atoms with van der Waals surface area (Å²) in [6.07, 6.45) is 67.3. The summed E-state index contributed by atoms with van der Waals surface area (Å²) in [5, 5.41) is 13.9. The van der Waals surface area contributed by atoms with Crippen LogP contribution in [-0.2, 0) is 18.4 Å². The molecule has 424 valence electrons. The van der Waals surface area contributed by atoms with E-state index in [9.17, 15) is 19.4 Å². The van der Waals surface area contributed by atoms with E-state index in [0.29, 0.717) is 17.4 Å². The summed E-state index contributed by atoms with van der Waals surface area (Å²) in [6, 6.07) is -0.883. The van der Waals surface area contributed by atoms with Crippen molar-refractivity contribution in [3.63, 3.8) is 0 Å². The third-order valence-corrected chi connectivity index (χ3v) is 15.7. The number of hydrogen-bond acceptors (Lipinski definition) is 6. The van der Waals surface area contributed by atoms with Crippen molar-refractivity contribution in [3.8, 4) is 0 Å². The van der Waals surface area contributed by atoms with Crippen molar-refractivity contribution in [2.45, 2.75) is 341 Å². The van der Waals surface area contributed by atoms with E-state index < -0.39 is 20.0 Å². The number of aliphatic hydroxyl groups is 1. The molecule has 0 bridgehead atoms. The summed E-state index contributed by atoms with van der Waals surface area (Å²) in [5.74, 6) is -0.189. The van der Waals surface area contributed by atoms with Crippen LogP contribution in [0.2, 0.25) is 0 Å². The van der Waals surface area contributed by atoms with Crippen molar-refractivity contribution >= 4 is 13.7 Å². The lowest BCUT2D eigenvalue weighted by Gasteiger charge is -2.29. The van der Waals surface area contributed by atoms with Gasteiger partial charge in [0.25, 0.3) is 7.82 Å². The zero-order valence-corrected chi connectivity index (χ0v) is 49.4. The van der Waals surface area contributed by atoms with Crippen molar-refractivity contribution in [2.24, 2.45) is 0 Å². The molecule has 0 radical (unpaired) electrons. The zero-order valence-electron chi connectivity index (χ0n) is 48.5. The van der Waals surface area contributed by atoms with Gasteiger partial charge in [-0.25, -0.2) is 0 Å². The number of likely N-dealkylation sites (N-methyl/N-ethyl adjacent to an activating group) is 1. The van der Waals surface area contributed by atoms with E-state index in [2.05, 4.69) is 19.2 Å². The Bertz CT molecular complexity index is 1160. The molecule has 0 fully saturated rings. The minimum Gasteiger partial charge on any atom is -0.756 e. The predicted octanol–water partition coefficient (Wildman–Crippen LogP) is 18.8. The summed E-state index contributed by atoms with van der Waals surface area (Å²) in [6.45, 7) is 4.71. The number of phosphoric acid groups is 1. The second kappa shape index (κ2) is 54.0. The molecule has 0 aromatic heterocycles. The molecule has 0 aromatic rings. The molecule has 1 amide bonds. The van der Waals surface area contributed by atoms with Gasteiger partial charge in [0, 0.05) is 6.42 Å². The lowest BCUT2D eigenvalue weighted by Crippen LogP contribution is -2.45. The van der Waals surface area contributed by atoms with Crippen LogP contribution in [0.1, 0.15) is 328 Å². The SMILES string of the molecule is CCCCCCCCCCCCCCCCCCCCCCCCC/C=C/C(O)C(COP(=O)([O-])OCC[N+](C)(C)C)NC(=O)CCCCCCCCCCCCCCCCCCCCCCCCCC. The fraction of sp³-hybridized carbons (Fsp3) is 0.952. The van der Waals surface area contributed by atoms with Crippen LogP contribution in [0.15, 0.2) is 12.2 Å². The van der Waals surface area contributed by atoms with E-state index in [4.69, 9.17) is 9.05 Å². The monoisotopic (exact) mass is 1020 g/mol. The summed E-state index contributed by atoms with van der Waals surface area (Å²) in [5.41, 5.74) is 0. The van der Waals surface area contributed by atoms with Gasteiger partial charge in [-0.2, -0.15) is 0 Å². The first-order chi connectivity index (χ1) is 34.5. The second-order valence-corrected chi connectivity index (χ2v) is 24.5. The maximum Gasteiger partial charge on any atom is 0.268 e. The van der Waals surface area contributed by atoms with E-state index >= 15 is 0 Å². The maximum atomic E-state index is 13.0. The van der Waals surface area contributed by atoms with Gasteiger partial charge in [0.2, 0.25) is 5.91 Å². The first-order valence-electron chi connectivity index (χ1n) is 31.6. The van der Waals surface area contributed by atoms with Crippen molar-refractivity contribution < 1.29 is 32.9 Å². The number of unbranched alkanes of at least 4 members (excludes halogenated alkanes) is 46. The smallest absolute Gasteiger partial charge is 0.268 e. The number of nitrogens with one attached hydrogen (secondary N) is 1. The Balaban J connectivity index is 4.12. The van der Waals surface area contributed by atoms with Crippen molar-refractivity contribution in [3.05, 3.63) is 12.2 Å². The fourth-order valence-corrected chi connectivity index (χ4v) is 10.5. The molecule has 9 heteroatoms. The highest BCUT2D eigenvalue weighted by Gasteiger charge is 2.23. The van der Waals surface area contributed by atoms with Gasteiger partial charge in [-0.3, -0.25) is 9.36 Å². The Labute approximate surface area is 443 Å². The molecule has 2 N–H and O–H groups in total. The van der Waals surface area contributed by atoms with E-state index in [-0.39, 0.29) is 19.1 Å². The largest absolute Gasteiger partial charge is 0.756 e. The summed E-state index contributed by atoms with van der Waals surface area (Å²) >= 11 is 0. The van der Waals surface area contributed by atoms with Crippen LogP contribution in [0.25, 0.3) is 0 Å². The highest BCUT2D eigenvalue weighted by molar-refractivity contribution is 7.45. The quantitative estimate of drug-likeness (QED) is 0.0272. The van der Waals surface area contributed by atoms with E-state index in [1.54, 1.807) is 6.08 Å². The summed E-state index contributed by atoms with van der Waals surface area (Å²) in [4.78, 5) is 25.6. The number of carbonyl (C=O) groups excluding carboxylic acids is 1. The highest BCUT2D eigenvalue weighted by atomic mass is 31.2. The third-order valence-electron chi connectivity index (χ3n) is 14.7. The third kappa shape index (κ3) is 56.8. The molecule has 0 heterocycles. The maximum absolute atomic E-state index is 13.0. The Kier molecular flexibility index (Phi) is 53.5. The second-order valence-electron chi connectivity index (χ2n) is 23.1. The number of amides is 1. The lowest BCUT2D eigenvalue weighted by molar-refractivity contribution is -0.870. The number of nitrogens with zero attached hydrogens (tertiary/aromatic N) is 1. The van der Waals surface area contributed by atoms with Gasteiger partial charge in [-0.15, -0.1) is 0 Å². The summed E-state index contributed by atoms with van der Waals surface area (Å²) < 4.78 is 23.4. The Morgan fingerprint density at radius 1 is 0.479 bits per heavy atom. The van der Waals surface area contributed by atoms with Gasteiger partial charge in [0.1, 0.15) is 13.2 Å². The van der Waals surface area contributed by atoms with Crippen LogP contribution < -0.4 is 10.2 Å². The normalized spacial score (nSPS) is 13.8. The Morgan fingerprint density at radius 2 is 0.761 bits per heavy atom. The molecule has 0 aliphatic heterocycles. The van der Waals surface area contributed by atoms with Crippen molar-refractivity contribution in [1.82, 2.24) is 5.32 Å². The molecule has 0 saturated carbocycles. The molecule has 0 rings (SSSR count). The van der Waals surface area contributed by atoms with Gasteiger partial charge < -0.3 is 28.8 Å². The van der Waals surface area contributed by atoms with Crippen LogP contribution in [0, 0.1) is 0 Å². The number of rotatable bonds is 59. The number of quaternary nitrogens is 1. The minimum absolute atomic E-state index is 0.00287. The van der Waals surface area contributed by atoms with Crippen LogP contribution in [0.5, 0.6) is 0 Å². The Morgan fingerprint density at radius 3 is 1.06 bits per heavy atom. The van der Waals surface area contributed by atoms with Crippen LogP contribution in [0.3, 0.4) is 0 Å². The number of aliphatic hydroxyl groups excluding tert-OH is 1. The molecule has 0 aliphatic rings. The number of phosphoric ester groups is 1. The standard InChI is InChI=1S/C62H125N2O6P/c1-6-8-10-12-14-16-18-20-22-24-26-28-30-32-33-35-37-39-41-43-45-47-49-51-53-55-61(65)60(59-70-71(67,68)69-58-57-64(3,4)5)63-62(66)56-54-52-50-48-46-44-42-40-38-36-34-31-29-27-25-23-21-19-17-15-13-11-9-7-2/h53,55,60-61,65H,6-52,54,56-59H2,1-5H3,(H-,63,66,67,68)/b55-53+. The van der Waals surface area contributed by atoms with Gasteiger partial charge >= 0.3 is 0 Å². The van der Waals surface area contributed by atoms with Crippen LogP contribution in [-0.4, -0.2) is 68.5 Å². The van der Waals surface area contributed by atoms with E-state index in [0.717, 1.165) is 38.5 Å². The minimum atomic E-state index is -4.60. The van der Waals surface area contributed by atoms with E-state index in [1.165, 1.54) is 270 Å². The predicted molar refractivity (Wildman–Crippen MR) is 307 cm³/mol. The first kappa shape index (κ1) is 70.2. The van der Waals surface area contributed by atoms with Crippen molar-refractivity contribution in [2.75, 3.05) is 40.9 Å². The summed E-state index contributed by atoms with van der Waals surface area (Å²) in [7, 11) is 1.28. The number of allylic oxidation sites excluding steroid dienone is 1. The molecule has 0 aliphatic carbocycles. The van der Waals surface area contributed by atoms with Gasteiger partial charge in [0.05, 0.1) is 39.9 Å². The lowest BCUT2D eigenvalue weighted by atomic mass is 10.0. The fourth-order valence-electron chi connectivity index (χ4n) is 9.81. The topological polar surface area (TPSA) is 108 Å². The van der Waals surface area contributed by atoms with E-state index in [1.807, 2.05) is 27.2 Å². The average Bonchev–Trinajstić information content (AvgIpc) is 3.33. The molecule has 0 aromatic carbocycles. The zero-order chi connectivity index (χ0) is 52.0. The molecule has 71 heavy (non-hydrogen) atoms. The van der Waals surface area contributed by atoms with Crippen LogP contribution >= 0.6 is 7.82 Å². The van der Waals surface area contributed by atoms with Crippen molar-refractivity contribution in [1.29, 1.82) is 0 Å². The molecule has 3 atom stereocenters. The first-order valence-corrected chi connectivity index (χ1v) is 33.0. The number of hydrogen-bond donors (Lipinski definition) is 2. The van der Waals surface area contributed by atoms with Gasteiger partial charge in [-0.1, -0.05) is 315 Å². The average molecular weight is 1030 g/mol. The molecule has 8 nitrogen and oxygen atoms in total. The van der Waals surface area contributed by atoms with Gasteiger partial charge in [0.15, 0.2) is 0 Å². The molecular weight excluding hydrogens is 900 g/mol. The van der Waals surface area contributed by atoms with Crippen LogP contribution in [0.4, 0.5) is 0 Å². The molecule has 0 spiro atoms. The van der Waals surface area contributed by atoms with Gasteiger partial charge in [-0.05, 0) is 19.3 Å².